The normalized spacial score (nSPS) is 24.5. The molecule has 0 spiro atoms. The average Bonchev–Trinajstić information content (AvgIpc) is 2.35. The Morgan fingerprint density at radius 2 is 1.89 bits per heavy atom. The van der Waals surface area contributed by atoms with Gasteiger partial charge in [-0.25, -0.2) is 4.79 Å². The molecule has 0 radical (unpaired) electrons. The Labute approximate surface area is 118 Å². The number of carboxylic acid groups (broad SMARTS) is 1. The van der Waals surface area contributed by atoms with Gasteiger partial charge in [0.05, 0.1) is 11.3 Å². The lowest BCUT2D eigenvalue weighted by atomic mass is 10.1. The summed E-state index contributed by atoms with van der Waals surface area (Å²) >= 11 is 5.89. The molecule has 5 heteroatoms. The van der Waals surface area contributed by atoms with Crippen LogP contribution in [0.4, 0.5) is 5.69 Å². The molecule has 1 N–H and O–H groups in total. The minimum atomic E-state index is -0.934. The quantitative estimate of drug-likeness (QED) is 0.905. The molecule has 2 rings (SSSR count). The minimum absolute atomic E-state index is 0.274. The number of hydrogen-bond acceptors (Lipinski definition) is 3. The van der Waals surface area contributed by atoms with E-state index in [2.05, 4.69) is 30.7 Å². The van der Waals surface area contributed by atoms with Crippen molar-refractivity contribution in [2.24, 2.45) is 0 Å². The summed E-state index contributed by atoms with van der Waals surface area (Å²) in [7, 11) is 2.10. The number of aromatic carboxylic acids is 1. The van der Waals surface area contributed by atoms with E-state index in [1.807, 2.05) is 0 Å². The van der Waals surface area contributed by atoms with Gasteiger partial charge in [-0.15, -0.1) is 0 Å². The number of hydrogen-bond donors (Lipinski definition) is 1. The highest BCUT2D eigenvalue weighted by Crippen LogP contribution is 2.27. The van der Waals surface area contributed by atoms with Gasteiger partial charge in [-0.05, 0) is 39.1 Å². The third kappa shape index (κ3) is 2.85. The van der Waals surface area contributed by atoms with E-state index in [0.717, 1.165) is 18.8 Å². The number of anilines is 1. The Hall–Kier alpha value is -1.26. The Morgan fingerprint density at radius 1 is 1.32 bits per heavy atom. The Kier molecular flexibility index (Phi) is 4.02. The van der Waals surface area contributed by atoms with E-state index in [1.54, 1.807) is 12.1 Å². The fourth-order valence-corrected chi connectivity index (χ4v) is 2.73. The maximum Gasteiger partial charge on any atom is 0.337 e. The molecule has 0 saturated carbocycles. The van der Waals surface area contributed by atoms with Crippen LogP contribution in [-0.2, 0) is 0 Å². The molecule has 104 valence electrons. The van der Waals surface area contributed by atoms with Crippen molar-refractivity contribution in [1.82, 2.24) is 4.90 Å². The number of carboxylic acids is 1. The molecule has 1 saturated heterocycles. The van der Waals surface area contributed by atoms with Crippen LogP contribution in [0.2, 0.25) is 5.02 Å². The molecule has 1 aliphatic heterocycles. The Morgan fingerprint density at radius 3 is 2.42 bits per heavy atom. The van der Waals surface area contributed by atoms with Gasteiger partial charge in [0, 0.05) is 30.2 Å². The summed E-state index contributed by atoms with van der Waals surface area (Å²) in [6.07, 6.45) is 0. The first-order chi connectivity index (χ1) is 8.90. The summed E-state index contributed by atoms with van der Waals surface area (Å²) in [6.45, 7) is 5.95. The lowest BCUT2D eigenvalue weighted by molar-refractivity contribution is 0.0697. The summed E-state index contributed by atoms with van der Waals surface area (Å²) in [5.41, 5.74) is 1.03. The van der Waals surface area contributed by atoms with Gasteiger partial charge in [0.15, 0.2) is 0 Å². The van der Waals surface area contributed by atoms with Gasteiger partial charge >= 0.3 is 5.97 Å². The lowest BCUT2D eigenvalue weighted by Crippen LogP contribution is -2.55. The topological polar surface area (TPSA) is 43.8 Å². The summed E-state index contributed by atoms with van der Waals surface area (Å²) in [5.74, 6) is -0.934. The largest absolute Gasteiger partial charge is 0.478 e. The van der Waals surface area contributed by atoms with Crippen LogP contribution < -0.4 is 4.90 Å². The number of piperazine rings is 1. The molecule has 4 nitrogen and oxygen atoms in total. The van der Waals surface area contributed by atoms with Crippen LogP contribution in [0.1, 0.15) is 24.2 Å². The molecular weight excluding hydrogens is 264 g/mol. The maximum atomic E-state index is 11.3. The lowest BCUT2D eigenvalue weighted by Gasteiger charge is -2.43. The maximum absolute atomic E-state index is 11.3. The highest BCUT2D eigenvalue weighted by molar-refractivity contribution is 6.31. The number of halogens is 1. The van der Waals surface area contributed by atoms with E-state index >= 15 is 0 Å². The van der Waals surface area contributed by atoms with Crippen molar-refractivity contribution in [3.8, 4) is 0 Å². The van der Waals surface area contributed by atoms with Gasteiger partial charge in [-0.1, -0.05) is 11.6 Å². The van der Waals surface area contributed by atoms with Crippen molar-refractivity contribution >= 4 is 23.3 Å². The third-order valence-electron chi connectivity index (χ3n) is 3.89. The van der Waals surface area contributed by atoms with E-state index < -0.39 is 5.97 Å². The molecule has 0 bridgehead atoms. The molecule has 1 aromatic rings. The van der Waals surface area contributed by atoms with Crippen molar-refractivity contribution in [3.63, 3.8) is 0 Å². The Balaban J connectivity index is 2.34. The van der Waals surface area contributed by atoms with E-state index in [0.29, 0.717) is 17.1 Å². The fraction of sp³-hybridized carbons (Fsp3) is 0.500. The van der Waals surface area contributed by atoms with E-state index in [1.165, 1.54) is 6.07 Å². The van der Waals surface area contributed by atoms with Gasteiger partial charge in [-0.3, -0.25) is 4.90 Å². The van der Waals surface area contributed by atoms with Crippen molar-refractivity contribution in [1.29, 1.82) is 0 Å². The second-order valence-corrected chi connectivity index (χ2v) is 5.67. The highest BCUT2D eigenvalue weighted by atomic mass is 35.5. The number of carbonyl (C=O) groups is 1. The summed E-state index contributed by atoms with van der Waals surface area (Å²) in [4.78, 5) is 15.8. The van der Waals surface area contributed by atoms with Crippen molar-refractivity contribution in [2.75, 3.05) is 25.0 Å². The molecule has 0 amide bonds. The van der Waals surface area contributed by atoms with Gasteiger partial charge in [0.1, 0.15) is 0 Å². The molecule has 1 heterocycles. The Bertz CT molecular complexity index is 480. The van der Waals surface area contributed by atoms with E-state index in [9.17, 15) is 9.90 Å². The summed E-state index contributed by atoms with van der Waals surface area (Å²) < 4.78 is 0. The van der Waals surface area contributed by atoms with Crippen LogP contribution >= 0.6 is 11.6 Å². The van der Waals surface area contributed by atoms with Gasteiger partial charge in [-0.2, -0.15) is 0 Å². The highest BCUT2D eigenvalue weighted by Gasteiger charge is 2.28. The first-order valence-corrected chi connectivity index (χ1v) is 6.77. The third-order valence-corrected chi connectivity index (χ3v) is 4.12. The standard InChI is InChI=1S/C14H19ClN2O2/c1-9-7-17(8-10(2)16(9)3)13-5-4-11(15)6-12(13)14(18)19/h4-6,9-10H,7-8H2,1-3H3,(H,18,19). The number of benzene rings is 1. The van der Waals surface area contributed by atoms with Gasteiger partial charge in [0.25, 0.3) is 0 Å². The molecular formula is C14H19ClN2O2. The first kappa shape index (κ1) is 14.2. The SMILES string of the molecule is CC1CN(c2ccc(Cl)cc2C(=O)O)CC(C)N1C. The smallest absolute Gasteiger partial charge is 0.337 e. The van der Waals surface area contributed by atoms with Crippen LogP contribution in [0.25, 0.3) is 0 Å². The first-order valence-electron chi connectivity index (χ1n) is 6.40. The van der Waals surface area contributed by atoms with Crippen molar-refractivity contribution in [3.05, 3.63) is 28.8 Å². The zero-order valence-corrected chi connectivity index (χ0v) is 12.2. The number of nitrogens with zero attached hydrogens (tertiary/aromatic N) is 2. The molecule has 0 aromatic heterocycles. The second kappa shape index (κ2) is 5.39. The molecule has 2 unspecified atom stereocenters. The van der Waals surface area contributed by atoms with Gasteiger partial charge in [0.2, 0.25) is 0 Å². The van der Waals surface area contributed by atoms with Crippen molar-refractivity contribution in [2.45, 2.75) is 25.9 Å². The minimum Gasteiger partial charge on any atom is -0.478 e. The predicted molar refractivity (Wildman–Crippen MR) is 77.3 cm³/mol. The van der Waals surface area contributed by atoms with Gasteiger partial charge < -0.3 is 10.0 Å². The summed E-state index contributed by atoms with van der Waals surface area (Å²) in [5, 5.41) is 9.76. The monoisotopic (exact) mass is 282 g/mol. The number of likely N-dealkylation sites (N-methyl/N-ethyl adjacent to an activating group) is 1. The zero-order valence-electron chi connectivity index (χ0n) is 11.4. The van der Waals surface area contributed by atoms with E-state index in [4.69, 9.17) is 11.6 Å². The molecule has 1 fully saturated rings. The average molecular weight is 283 g/mol. The predicted octanol–water partition coefficient (Wildman–Crippen LogP) is 2.57. The molecule has 19 heavy (non-hydrogen) atoms. The van der Waals surface area contributed by atoms with Crippen LogP contribution in [0.3, 0.4) is 0 Å². The molecule has 1 aromatic carbocycles. The second-order valence-electron chi connectivity index (χ2n) is 5.24. The van der Waals surface area contributed by atoms with Crippen LogP contribution in [0.5, 0.6) is 0 Å². The fourth-order valence-electron chi connectivity index (χ4n) is 2.56. The van der Waals surface area contributed by atoms with Crippen molar-refractivity contribution < 1.29 is 9.90 Å². The van der Waals surface area contributed by atoms with E-state index in [-0.39, 0.29) is 5.56 Å². The zero-order chi connectivity index (χ0) is 14.2. The number of rotatable bonds is 2. The molecule has 0 aliphatic carbocycles. The van der Waals surface area contributed by atoms with Crippen LogP contribution in [-0.4, -0.2) is 48.2 Å². The van der Waals surface area contributed by atoms with Crippen LogP contribution in [0.15, 0.2) is 18.2 Å². The molecule has 2 atom stereocenters. The molecule has 1 aliphatic rings. The summed E-state index contributed by atoms with van der Waals surface area (Å²) in [6, 6.07) is 5.85. The van der Waals surface area contributed by atoms with Crippen LogP contribution in [0, 0.1) is 0 Å².